The highest BCUT2D eigenvalue weighted by Crippen LogP contribution is 2.39. The van der Waals surface area contributed by atoms with Crippen LogP contribution in [0.3, 0.4) is 0 Å². The summed E-state index contributed by atoms with van der Waals surface area (Å²) in [5.74, 6) is 1.15. The monoisotopic (exact) mass is 273 g/mol. The van der Waals surface area contributed by atoms with Crippen LogP contribution in [-0.4, -0.2) is 16.2 Å². The predicted molar refractivity (Wildman–Crippen MR) is 79.1 cm³/mol. The number of rotatable bonds is 5. The molecule has 0 saturated heterocycles. The maximum Gasteiger partial charge on any atom is 0.0958 e. The molecule has 0 amide bonds. The lowest BCUT2D eigenvalue weighted by Gasteiger charge is -2.16. The first kappa shape index (κ1) is 12.8. The Morgan fingerprint density at radius 1 is 1.32 bits per heavy atom. The van der Waals surface area contributed by atoms with Gasteiger partial charge in [-0.15, -0.1) is 11.3 Å². The molecule has 1 aromatic heterocycles. The van der Waals surface area contributed by atoms with E-state index < -0.39 is 0 Å². The van der Waals surface area contributed by atoms with Crippen LogP contribution in [0.1, 0.15) is 24.8 Å². The quantitative estimate of drug-likeness (QED) is 0.899. The molecule has 100 valence electrons. The van der Waals surface area contributed by atoms with Crippen molar-refractivity contribution in [2.45, 2.75) is 32.3 Å². The van der Waals surface area contributed by atoms with Gasteiger partial charge >= 0.3 is 0 Å². The number of aliphatic hydroxyl groups excluding tert-OH is 1. The minimum Gasteiger partial charge on any atom is -0.392 e. The van der Waals surface area contributed by atoms with E-state index in [1.54, 1.807) is 11.3 Å². The number of hydrogen-bond acceptors (Lipinski definition) is 3. The third-order valence-electron chi connectivity index (χ3n) is 3.98. The van der Waals surface area contributed by atoms with Crippen LogP contribution >= 0.6 is 11.3 Å². The second kappa shape index (κ2) is 5.43. The van der Waals surface area contributed by atoms with Crippen molar-refractivity contribution < 1.29 is 5.11 Å². The average molecular weight is 273 g/mol. The molecular formula is C16H19NOS. The minimum atomic E-state index is -0.248. The molecule has 2 atom stereocenters. The van der Waals surface area contributed by atoms with E-state index in [0.29, 0.717) is 12.3 Å². The number of aliphatic hydroxyl groups is 1. The summed E-state index contributed by atoms with van der Waals surface area (Å²) in [6.07, 6.45) is 3.01. The first-order chi connectivity index (χ1) is 9.24. The third-order valence-corrected chi connectivity index (χ3v) is 4.85. The molecule has 1 aliphatic rings. The van der Waals surface area contributed by atoms with E-state index in [4.69, 9.17) is 0 Å². The Balaban J connectivity index is 1.68. The van der Waals surface area contributed by atoms with E-state index >= 15 is 0 Å². The zero-order chi connectivity index (χ0) is 13.2. The Hall–Kier alpha value is -1.19. The van der Waals surface area contributed by atoms with Crippen LogP contribution in [0.15, 0.2) is 35.7 Å². The molecule has 0 radical (unpaired) electrons. The lowest BCUT2D eigenvalue weighted by Crippen LogP contribution is -2.21. The summed E-state index contributed by atoms with van der Waals surface area (Å²) in [5.41, 5.74) is 2.17. The van der Waals surface area contributed by atoms with Gasteiger partial charge in [-0.3, -0.25) is 0 Å². The zero-order valence-corrected chi connectivity index (χ0v) is 11.9. The fourth-order valence-corrected chi connectivity index (χ4v) is 3.30. The van der Waals surface area contributed by atoms with Gasteiger partial charge in [0.15, 0.2) is 0 Å². The lowest BCUT2D eigenvalue weighted by molar-refractivity contribution is 0.105. The van der Waals surface area contributed by atoms with Crippen LogP contribution in [0, 0.1) is 11.8 Å². The van der Waals surface area contributed by atoms with Gasteiger partial charge in [0.1, 0.15) is 0 Å². The molecule has 1 aliphatic carbocycles. The van der Waals surface area contributed by atoms with Gasteiger partial charge in [-0.1, -0.05) is 37.3 Å². The van der Waals surface area contributed by atoms with Gasteiger partial charge in [-0.05, 0) is 24.7 Å². The van der Waals surface area contributed by atoms with E-state index in [9.17, 15) is 5.11 Å². The van der Waals surface area contributed by atoms with Gasteiger partial charge in [0.05, 0.1) is 16.8 Å². The molecule has 2 aromatic rings. The van der Waals surface area contributed by atoms with Gasteiger partial charge in [0.25, 0.3) is 0 Å². The molecule has 1 saturated carbocycles. The number of benzene rings is 1. The number of hydrogen-bond donors (Lipinski definition) is 1. The van der Waals surface area contributed by atoms with Crippen molar-refractivity contribution in [3.05, 3.63) is 40.7 Å². The third kappa shape index (κ3) is 3.04. The normalized spacial score (nSPS) is 18.2. The summed E-state index contributed by atoms with van der Waals surface area (Å²) in [5, 5.41) is 13.4. The summed E-state index contributed by atoms with van der Waals surface area (Å²) in [7, 11) is 0. The molecule has 0 bridgehead atoms. The predicted octanol–water partition coefficient (Wildman–Crippen LogP) is 3.76. The summed E-state index contributed by atoms with van der Waals surface area (Å²) in [6, 6.07) is 10.2. The average Bonchev–Trinajstić information content (AvgIpc) is 3.19. The van der Waals surface area contributed by atoms with E-state index in [0.717, 1.165) is 22.2 Å². The highest BCUT2D eigenvalue weighted by atomic mass is 32.1. The van der Waals surface area contributed by atoms with Gasteiger partial charge in [-0.25, -0.2) is 4.98 Å². The molecule has 2 unspecified atom stereocenters. The molecular weight excluding hydrogens is 254 g/mol. The van der Waals surface area contributed by atoms with Crippen molar-refractivity contribution in [3.8, 4) is 11.3 Å². The Kier molecular flexibility index (Phi) is 3.67. The largest absolute Gasteiger partial charge is 0.392 e. The van der Waals surface area contributed by atoms with Gasteiger partial charge in [-0.2, -0.15) is 0 Å². The maximum absolute atomic E-state index is 10.2. The standard InChI is InChI=1S/C16H19NOS/c1-11(12-7-8-12)15(18)9-16-17-14(10-19-16)13-5-3-2-4-6-13/h2-6,10-12,15,18H,7-9H2,1H3. The summed E-state index contributed by atoms with van der Waals surface area (Å²) in [4.78, 5) is 4.64. The van der Waals surface area contributed by atoms with Crippen molar-refractivity contribution in [1.82, 2.24) is 4.98 Å². The van der Waals surface area contributed by atoms with E-state index in [1.165, 1.54) is 12.8 Å². The van der Waals surface area contributed by atoms with E-state index in [-0.39, 0.29) is 6.10 Å². The molecule has 1 fully saturated rings. The summed E-state index contributed by atoms with van der Waals surface area (Å²) >= 11 is 1.65. The minimum absolute atomic E-state index is 0.248. The fourth-order valence-electron chi connectivity index (χ4n) is 2.45. The topological polar surface area (TPSA) is 33.1 Å². The molecule has 3 rings (SSSR count). The number of nitrogens with zero attached hydrogens (tertiary/aromatic N) is 1. The van der Waals surface area contributed by atoms with Gasteiger partial charge in [0.2, 0.25) is 0 Å². The number of thiazole rings is 1. The first-order valence-electron chi connectivity index (χ1n) is 6.92. The summed E-state index contributed by atoms with van der Waals surface area (Å²) < 4.78 is 0. The first-order valence-corrected chi connectivity index (χ1v) is 7.80. The molecule has 1 heterocycles. The SMILES string of the molecule is CC(C(O)Cc1nc(-c2ccccc2)cs1)C1CC1. The van der Waals surface area contributed by atoms with Crippen LogP contribution in [0.25, 0.3) is 11.3 Å². The highest BCUT2D eigenvalue weighted by molar-refractivity contribution is 7.09. The molecule has 0 spiro atoms. The Morgan fingerprint density at radius 3 is 2.74 bits per heavy atom. The van der Waals surface area contributed by atoms with Gasteiger partial charge < -0.3 is 5.11 Å². The van der Waals surface area contributed by atoms with Crippen molar-refractivity contribution in [1.29, 1.82) is 0 Å². The van der Waals surface area contributed by atoms with Crippen LogP contribution in [0.5, 0.6) is 0 Å². The second-order valence-corrected chi connectivity index (χ2v) is 6.40. The lowest BCUT2D eigenvalue weighted by atomic mass is 9.97. The molecule has 0 aliphatic heterocycles. The summed E-state index contributed by atoms with van der Waals surface area (Å²) in [6.45, 7) is 2.16. The van der Waals surface area contributed by atoms with Crippen molar-refractivity contribution in [2.75, 3.05) is 0 Å². The Bertz CT molecular complexity index is 533. The zero-order valence-electron chi connectivity index (χ0n) is 11.1. The fraction of sp³-hybridized carbons (Fsp3) is 0.438. The highest BCUT2D eigenvalue weighted by Gasteiger charge is 2.32. The van der Waals surface area contributed by atoms with E-state index in [1.807, 2.05) is 18.2 Å². The Morgan fingerprint density at radius 2 is 2.05 bits per heavy atom. The smallest absolute Gasteiger partial charge is 0.0958 e. The van der Waals surface area contributed by atoms with Crippen molar-refractivity contribution >= 4 is 11.3 Å². The maximum atomic E-state index is 10.2. The van der Waals surface area contributed by atoms with Crippen LogP contribution in [-0.2, 0) is 6.42 Å². The van der Waals surface area contributed by atoms with Gasteiger partial charge in [0, 0.05) is 17.4 Å². The van der Waals surface area contributed by atoms with Crippen molar-refractivity contribution in [2.24, 2.45) is 11.8 Å². The molecule has 2 nitrogen and oxygen atoms in total. The van der Waals surface area contributed by atoms with Crippen molar-refractivity contribution in [3.63, 3.8) is 0 Å². The molecule has 1 aromatic carbocycles. The molecule has 1 N–H and O–H groups in total. The van der Waals surface area contributed by atoms with E-state index in [2.05, 4.69) is 29.4 Å². The second-order valence-electron chi connectivity index (χ2n) is 5.46. The van der Waals surface area contributed by atoms with Crippen LogP contribution < -0.4 is 0 Å². The Labute approximate surface area is 118 Å². The molecule has 3 heteroatoms. The molecule has 19 heavy (non-hydrogen) atoms. The van der Waals surface area contributed by atoms with Crippen LogP contribution in [0.2, 0.25) is 0 Å². The van der Waals surface area contributed by atoms with Crippen LogP contribution in [0.4, 0.5) is 0 Å². The number of aromatic nitrogens is 1.